The number of nitrogens with one attached hydrogen (secondary N) is 1. The molecule has 1 amide bonds. The number of rotatable bonds is 4. The Morgan fingerprint density at radius 1 is 1.37 bits per heavy atom. The van der Waals surface area contributed by atoms with Crippen LogP contribution in [0.5, 0.6) is 0 Å². The zero-order valence-corrected chi connectivity index (χ0v) is 10.9. The van der Waals surface area contributed by atoms with Gasteiger partial charge in [0.1, 0.15) is 0 Å². The number of carbonyl (C=O) groups excluding carboxylic acids is 1. The Morgan fingerprint density at radius 2 is 2.05 bits per heavy atom. The third-order valence-electron chi connectivity index (χ3n) is 3.00. The van der Waals surface area contributed by atoms with E-state index in [0.29, 0.717) is 5.56 Å². The van der Waals surface area contributed by atoms with Crippen LogP contribution in [0, 0.1) is 0 Å². The van der Waals surface area contributed by atoms with Crippen molar-refractivity contribution in [2.75, 3.05) is 0 Å². The second kappa shape index (κ2) is 5.14. The molecule has 2 N–H and O–H groups in total. The van der Waals surface area contributed by atoms with Gasteiger partial charge in [-0.25, -0.2) is 0 Å². The summed E-state index contributed by atoms with van der Waals surface area (Å²) in [6.07, 6.45) is 1.67. The summed E-state index contributed by atoms with van der Waals surface area (Å²) in [4.78, 5) is 22.7. The lowest BCUT2D eigenvalue weighted by Gasteiger charge is -2.10. The Morgan fingerprint density at radius 3 is 2.74 bits per heavy atom. The molecular weight excluding hydrogens is 244 g/mol. The van der Waals surface area contributed by atoms with Crippen LogP contribution in [0.15, 0.2) is 30.5 Å². The average molecular weight is 260 g/mol. The summed E-state index contributed by atoms with van der Waals surface area (Å²) in [6.45, 7) is 1.68. The number of aryl methyl sites for hydroxylation is 1. The number of amides is 1. The molecule has 0 aliphatic heterocycles. The van der Waals surface area contributed by atoms with Crippen molar-refractivity contribution < 1.29 is 14.7 Å². The highest BCUT2D eigenvalue weighted by molar-refractivity contribution is 6.07. The monoisotopic (exact) mass is 260 g/mol. The fraction of sp³-hybridized carbons (Fsp3) is 0.286. The van der Waals surface area contributed by atoms with Crippen molar-refractivity contribution in [3.05, 3.63) is 36.0 Å². The van der Waals surface area contributed by atoms with E-state index in [9.17, 15) is 9.59 Å². The van der Waals surface area contributed by atoms with Crippen molar-refractivity contribution in [2.45, 2.75) is 19.4 Å². The van der Waals surface area contributed by atoms with E-state index < -0.39 is 12.0 Å². The van der Waals surface area contributed by atoms with E-state index in [2.05, 4.69) is 5.32 Å². The number of para-hydroxylation sites is 1. The minimum absolute atomic E-state index is 0.0868. The predicted octanol–water partition coefficient (Wildman–Crippen LogP) is 1.77. The van der Waals surface area contributed by atoms with Crippen molar-refractivity contribution in [3.63, 3.8) is 0 Å². The molecule has 0 spiro atoms. The molecule has 0 unspecified atom stereocenters. The highest BCUT2D eigenvalue weighted by Gasteiger charge is 2.16. The van der Waals surface area contributed by atoms with Crippen molar-refractivity contribution in [2.24, 2.45) is 7.05 Å². The molecule has 0 radical (unpaired) electrons. The van der Waals surface area contributed by atoms with Crippen LogP contribution in [0.3, 0.4) is 0 Å². The maximum atomic E-state index is 12.1. The number of carbonyl (C=O) groups is 2. The van der Waals surface area contributed by atoms with E-state index in [0.717, 1.165) is 10.9 Å². The van der Waals surface area contributed by atoms with Gasteiger partial charge in [-0.15, -0.1) is 0 Å². The van der Waals surface area contributed by atoms with Crippen molar-refractivity contribution in [3.8, 4) is 0 Å². The van der Waals surface area contributed by atoms with Crippen molar-refractivity contribution in [1.29, 1.82) is 0 Å². The fourth-order valence-electron chi connectivity index (χ4n) is 2.14. The van der Waals surface area contributed by atoms with E-state index in [1.807, 2.05) is 35.9 Å². The van der Waals surface area contributed by atoms with Gasteiger partial charge < -0.3 is 15.0 Å². The number of hydrogen-bond donors (Lipinski definition) is 2. The van der Waals surface area contributed by atoms with Crippen LogP contribution in [0.1, 0.15) is 23.7 Å². The van der Waals surface area contributed by atoms with Crippen LogP contribution in [0.25, 0.3) is 10.9 Å². The molecule has 0 bridgehead atoms. The molecular formula is C14H16N2O3. The summed E-state index contributed by atoms with van der Waals surface area (Å²) < 4.78 is 1.88. The molecule has 100 valence electrons. The van der Waals surface area contributed by atoms with Gasteiger partial charge in [-0.05, 0) is 13.0 Å². The normalized spacial score (nSPS) is 12.3. The first-order valence-corrected chi connectivity index (χ1v) is 6.05. The first-order chi connectivity index (χ1) is 8.99. The molecule has 2 aromatic rings. The molecule has 0 saturated heterocycles. The van der Waals surface area contributed by atoms with Crippen LogP contribution in [-0.2, 0) is 11.8 Å². The average Bonchev–Trinajstić information content (AvgIpc) is 2.66. The summed E-state index contributed by atoms with van der Waals surface area (Å²) in [5.74, 6) is -1.17. The van der Waals surface area contributed by atoms with Gasteiger partial charge in [-0.1, -0.05) is 18.2 Å². The van der Waals surface area contributed by atoms with Crippen molar-refractivity contribution >= 4 is 22.8 Å². The molecule has 1 aromatic heterocycles. The number of fused-ring (bicyclic) bond motifs is 1. The Kier molecular flexibility index (Phi) is 3.55. The van der Waals surface area contributed by atoms with Crippen LogP contribution in [0.4, 0.5) is 0 Å². The number of carboxylic acids is 1. The second-order valence-electron chi connectivity index (χ2n) is 4.64. The third-order valence-corrected chi connectivity index (χ3v) is 3.00. The van der Waals surface area contributed by atoms with Gasteiger partial charge in [-0.2, -0.15) is 0 Å². The molecule has 5 nitrogen and oxygen atoms in total. The maximum absolute atomic E-state index is 12.1. The lowest BCUT2D eigenvalue weighted by molar-refractivity contribution is -0.137. The molecule has 1 heterocycles. The van der Waals surface area contributed by atoms with E-state index >= 15 is 0 Å². The number of nitrogens with zero attached hydrogens (tertiary/aromatic N) is 1. The van der Waals surface area contributed by atoms with Gasteiger partial charge in [0.15, 0.2) is 0 Å². The summed E-state index contributed by atoms with van der Waals surface area (Å²) in [5.41, 5.74) is 1.54. The van der Waals surface area contributed by atoms with Crippen LogP contribution in [-0.4, -0.2) is 27.6 Å². The smallest absolute Gasteiger partial charge is 0.305 e. The molecule has 1 aromatic carbocycles. The van der Waals surface area contributed by atoms with Gasteiger partial charge >= 0.3 is 5.97 Å². The number of hydrogen-bond acceptors (Lipinski definition) is 2. The zero-order valence-electron chi connectivity index (χ0n) is 10.9. The zero-order chi connectivity index (χ0) is 14.0. The molecule has 0 aliphatic rings. The molecule has 0 saturated carbocycles. The molecule has 0 aliphatic carbocycles. The SMILES string of the molecule is C[C@H](CC(=O)O)NC(=O)c1cn(C)c2ccccc12. The van der Waals surface area contributed by atoms with Gasteiger partial charge in [0.2, 0.25) is 0 Å². The molecule has 19 heavy (non-hydrogen) atoms. The van der Waals surface area contributed by atoms with Crippen LogP contribution >= 0.6 is 0 Å². The summed E-state index contributed by atoms with van der Waals surface area (Å²) in [5, 5.41) is 12.3. The largest absolute Gasteiger partial charge is 0.481 e. The van der Waals surface area contributed by atoms with Gasteiger partial charge in [-0.3, -0.25) is 9.59 Å². The number of aromatic nitrogens is 1. The van der Waals surface area contributed by atoms with E-state index in [-0.39, 0.29) is 12.3 Å². The first kappa shape index (κ1) is 13.1. The van der Waals surface area contributed by atoms with Crippen LogP contribution in [0.2, 0.25) is 0 Å². The fourth-order valence-corrected chi connectivity index (χ4v) is 2.14. The standard InChI is InChI=1S/C14H16N2O3/c1-9(7-13(17)18)15-14(19)11-8-16(2)12-6-4-3-5-10(11)12/h3-6,8-9H,7H2,1-2H3,(H,15,19)(H,17,18)/t9-/m1/s1. The maximum Gasteiger partial charge on any atom is 0.305 e. The Bertz CT molecular complexity index is 631. The Hall–Kier alpha value is -2.30. The second-order valence-corrected chi connectivity index (χ2v) is 4.64. The van der Waals surface area contributed by atoms with Gasteiger partial charge in [0.05, 0.1) is 12.0 Å². The topological polar surface area (TPSA) is 71.3 Å². The summed E-state index contributed by atoms with van der Waals surface area (Å²) in [6, 6.07) is 7.21. The van der Waals surface area contributed by atoms with E-state index in [1.54, 1.807) is 13.1 Å². The highest BCUT2D eigenvalue weighted by atomic mass is 16.4. The summed E-state index contributed by atoms with van der Waals surface area (Å²) >= 11 is 0. The lowest BCUT2D eigenvalue weighted by atomic mass is 10.1. The van der Waals surface area contributed by atoms with Gasteiger partial charge in [0, 0.05) is 30.2 Å². The Labute approximate surface area is 110 Å². The molecule has 1 atom stereocenters. The third kappa shape index (κ3) is 2.76. The van der Waals surface area contributed by atoms with Crippen molar-refractivity contribution in [1.82, 2.24) is 9.88 Å². The predicted molar refractivity (Wildman–Crippen MR) is 72.1 cm³/mol. The lowest BCUT2D eigenvalue weighted by Crippen LogP contribution is -2.34. The first-order valence-electron chi connectivity index (χ1n) is 6.05. The van der Waals surface area contributed by atoms with Crippen LogP contribution < -0.4 is 5.32 Å². The minimum Gasteiger partial charge on any atom is -0.481 e. The quantitative estimate of drug-likeness (QED) is 0.880. The highest BCUT2D eigenvalue weighted by Crippen LogP contribution is 2.20. The Balaban J connectivity index is 2.25. The number of carboxylic acid groups (broad SMARTS) is 1. The van der Waals surface area contributed by atoms with E-state index in [1.165, 1.54) is 0 Å². The summed E-state index contributed by atoms with van der Waals surface area (Å²) in [7, 11) is 1.87. The van der Waals surface area contributed by atoms with E-state index in [4.69, 9.17) is 5.11 Å². The molecule has 0 fully saturated rings. The number of aliphatic carboxylic acids is 1. The molecule has 2 rings (SSSR count). The number of benzene rings is 1. The molecule has 5 heteroatoms. The van der Waals surface area contributed by atoms with Gasteiger partial charge in [0.25, 0.3) is 5.91 Å². The minimum atomic E-state index is -0.925.